The number of methoxy groups -OCH3 is 1. The Labute approximate surface area is 253 Å². The van der Waals surface area contributed by atoms with Gasteiger partial charge in [0.1, 0.15) is 23.7 Å². The molecule has 2 aromatic rings. The molecular formula is C24H39N10O9P. The first-order valence-electron chi connectivity index (χ1n) is 13.7. The lowest BCUT2D eigenvalue weighted by atomic mass is 9.93. The third-order valence-corrected chi connectivity index (χ3v) is 8.39. The number of nitrogens with zero attached hydrogens (tertiary/aromatic N) is 7. The first kappa shape index (κ1) is 34.9. The molecule has 6 atom stereocenters. The van der Waals surface area contributed by atoms with Gasteiger partial charge < -0.3 is 34.3 Å². The highest BCUT2D eigenvalue weighted by Crippen LogP contribution is 2.46. The van der Waals surface area contributed by atoms with Gasteiger partial charge in [-0.1, -0.05) is 5.11 Å². The number of azide groups is 1. The van der Waals surface area contributed by atoms with Crippen molar-refractivity contribution in [3.8, 4) is 5.88 Å². The number of carbonyl (C=O) groups is 2. The van der Waals surface area contributed by atoms with Crippen LogP contribution in [-0.4, -0.2) is 92.3 Å². The van der Waals surface area contributed by atoms with E-state index in [9.17, 15) is 24.8 Å². The molecule has 0 aromatic carbocycles. The fourth-order valence-electron chi connectivity index (χ4n) is 4.38. The molecule has 1 fully saturated rings. The average Bonchev–Trinajstić information content (AvgIpc) is 3.44. The predicted octanol–water partition coefficient (Wildman–Crippen LogP) is 1.73. The number of carbonyl (C=O) groups excluding carboxylic acids is 2. The van der Waals surface area contributed by atoms with E-state index in [-0.39, 0.29) is 23.0 Å². The van der Waals surface area contributed by atoms with E-state index in [1.807, 2.05) is 0 Å². The van der Waals surface area contributed by atoms with Gasteiger partial charge in [0, 0.05) is 4.91 Å². The lowest BCUT2D eigenvalue weighted by molar-refractivity contribution is -0.149. The van der Waals surface area contributed by atoms with Crippen LogP contribution in [0.1, 0.15) is 54.7 Å². The van der Waals surface area contributed by atoms with Gasteiger partial charge in [-0.2, -0.15) is 9.97 Å². The van der Waals surface area contributed by atoms with Gasteiger partial charge in [-0.25, -0.2) is 15.2 Å². The highest BCUT2D eigenvalue weighted by Gasteiger charge is 2.55. The summed E-state index contributed by atoms with van der Waals surface area (Å²) in [6.07, 6.45) is -3.53. The van der Waals surface area contributed by atoms with Gasteiger partial charge in [0.2, 0.25) is 11.8 Å². The Morgan fingerprint density at radius 2 is 1.75 bits per heavy atom. The molecule has 0 radical (unpaired) electrons. The van der Waals surface area contributed by atoms with Gasteiger partial charge in [-0.05, 0) is 54.0 Å². The van der Waals surface area contributed by atoms with Gasteiger partial charge in [-0.3, -0.25) is 18.7 Å². The van der Waals surface area contributed by atoms with Crippen LogP contribution in [-0.2, 0) is 32.9 Å². The number of hydrogen-bond acceptors (Lipinski definition) is 14. The number of hydrogen-bond donors (Lipinski definition) is 4. The van der Waals surface area contributed by atoms with Crippen LogP contribution in [0, 0.1) is 0 Å². The number of rotatable bonds is 14. The monoisotopic (exact) mass is 642 g/mol. The van der Waals surface area contributed by atoms with Crippen LogP contribution in [0.3, 0.4) is 0 Å². The highest BCUT2D eigenvalue weighted by atomic mass is 31.2. The van der Waals surface area contributed by atoms with Crippen molar-refractivity contribution in [2.75, 3.05) is 19.5 Å². The van der Waals surface area contributed by atoms with Crippen LogP contribution >= 0.6 is 7.67 Å². The number of aliphatic hydroxyl groups excluding tert-OH is 1. The molecular weight excluding hydrogens is 603 g/mol. The topological polar surface area (TPSA) is 260 Å². The van der Waals surface area contributed by atoms with Gasteiger partial charge in [-0.15, -0.1) is 0 Å². The second-order valence-electron chi connectivity index (χ2n) is 10.8. The second-order valence-corrected chi connectivity index (χ2v) is 12.7. The van der Waals surface area contributed by atoms with Crippen molar-refractivity contribution in [1.29, 1.82) is 0 Å². The van der Waals surface area contributed by atoms with E-state index in [1.165, 1.54) is 38.8 Å². The van der Waals surface area contributed by atoms with E-state index in [2.05, 4.69) is 35.2 Å². The van der Waals surface area contributed by atoms with Crippen LogP contribution in [0.15, 0.2) is 11.4 Å². The molecule has 2 aromatic heterocycles. The minimum Gasteiger partial charge on any atom is -0.479 e. The van der Waals surface area contributed by atoms with E-state index in [0.29, 0.717) is 0 Å². The largest absolute Gasteiger partial charge is 0.479 e. The van der Waals surface area contributed by atoms with Crippen molar-refractivity contribution in [2.45, 2.75) is 96.7 Å². The Bertz CT molecular complexity index is 1410. The van der Waals surface area contributed by atoms with Crippen molar-refractivity contribution in [1.82, 2.24) is 29.7 Å². The second kappa shape index (κ2) is 14.0. The first-order valence-corrected chi connectivity index (χ1v) is 15.3. The number of ether oxygens (including phenoxy) is 4. The normalized spacial score (nSPS) is 23.4. The molecule has 19 nitrogen and oxygen atoms in total. The van der Waals surface area contributed by atoms with Crippen molar-refractivity contribution < 1.29 is 42.7 Å². The number of esters is 2. The summed E-state index contributed by atoms with van der Waals surface area (Å²) in [6.45, 7) is 10.3. The molecule has 0 unspecified atom stereocenters. The lowest BCUT2D eigenvalue weighted by Crippen LogP contribution is -2.45. The van der Waals surface area contributed by atoms with Crippen LogP contribution in [0.2, 0.25) is 0 Å². The molecule has 1 aliphatic heterocycles. The van der Waals surface area contributed by atoms with Gasteiger partial charge in [0.05, 0.1) is 38.4 Å². The Morgan fingerprint density at radius 1 is 1.18 bits per heavy atom. The Kier molecular flexibility index (Phi) is 11.1. The van der Waals surface area contributed by atoms with E-state index < -0.39 is 74.5 Å². The summed E-state index contributed by atoms with van der Waals surface area (Å²) in [5.74, 6) is -1.49. The molecule has 0 saturated carbocycles. The molecule has 0 aliphatic carbocycles. The number of aliphatic hydroxyl groups is 1. The average molecular weight is 643 g/mol. The summed E-state index contributed by atoms with van der Waals surface area (Å²) in [7, 11) is -2.89. The molecule has 1 aliphatic rings. The number of nitrogens with one attached hydrogen (secondary N) is 2. The summed E-state index contributed by atoms with van der Waals surface area (Å²) < 4.78 is 42.8. The molecule has 0 spiro atoms. The minimum atomic E-state index is -4.27. The Morgan fingerprint density at radius 3 is 2.25 bits per heavy atom. The fourth-order valence-corrected chi connectivity index (χ4v) is 6.19. The standard InChI is InChI=1S/C24H39N10O9P/c1-11(2)41-20(36)13(5)30-44(38,31-14(6)21(37)42-12(3)4)40-9-15-17(35)24(7,32-33-26)22(43-15)34-10-27-16-18(34)28-23(25)29-19(16)39-8/h10-15,17,22,35H,9H2,1-8H3,(H2,25,28,29)(H2,30,31,38)/t13-,14-,15+,17+,22+,24+/m0/s1. The van der Waals surface area contributed by atoms with E-state index in [0.717, 1.165) is 0 Å². The molecule has 3 heterocycles. The van der Waals surface area contributed by atoms with Crippen molar-refractivity contribution >= 4 is 36.7 Å². The minimum absolute atomic E-state index is 0.0866. The summed E-state index contributed by atoms with van der Waals surface area (Å²) in [6, 6.07) is -2.28. The molecule has 0 bridgehead atoms. The van der Waals surface area contributed by atoms with Gasteiger partial charge in [0.25, 0.3) is 0 Å². The molecule has 0 amide bonds. The number of anilines is 1. The number of fused-ring (bicyclic) bond motifs is 1. The Hall–Kier alpha value is -3.57. The van der Waals surface area contributed by atoms with E-state index in [4.69, 9.17) is 29.2 Å². The first-order chi connectivity index (χ1) is 20.5. The zero-order chi connectivity index (χ0) is 33.0. The van der Waals surface area contributed by atoms with Gasteiger partial charge in [0.15, 0.2) is 17.4 Å². The maximum atomic E-state index is 14.0. The smallest absolute Gasteiger partial charge is 0.342 e. The number of aromatic nitrogens is 4. The number of nitrogen functional groups attached to an aromatic ring is 1. The molecule has 44 heavy (non-hydrogen) atoms. The van der Waals surface area contributed by atoms with Crippen LogP contribution in [0.25, 0.3) is 21.6 Å². The molecule has 5 N–H and O–H groups in total. The molecule has 20 heteroatoms. The van der Waals surface area contributed by atoms with E-state index >= 15 is 0 Å². The zero-order valence-electron chi connectivity index (χ0n) is 25.7. The third-order valence-electron chi connectivity index (χ3n) is 6.43. The number of imidazole rings is 1. The van der Waals surface area contributed by atoms with Crippen LogP contribution in [0.4, 0.5) is 5.95 Å². The predicted molar refractivity (Wildman–Crippen MR) is 155 cm³/mol. The van der Waals surface area contributed by atoms with Crippen molar-refractivity contribution in [2.24, 2.45) is 5.11 Å². The fraction of sp³-hybridized carbons (Fsp3) is 0.708. The van der Waals surface area contributed by atoms with Crippen LogP contribution in [0.5, 0.6) is 5.88 Å². The summed E-state index contributed by atoms with van der Waals surface area (Å²) in [5, 5.41) is 20.2. The third kappa shape index (κ3) is 7.74. The summed E-state index contributed by atoms with van der Waals surface area (Å²) in [5.41, 5.74) is 13.9. The van der Waals surface area contributed by atoms with Crippen molar-refractivity contribution in [3.63, 3.8) is 0 Å². The quantitative estimate of drug-likeness (QED) is 0.0752. The molecule has 1 saturated heterocycles. The zero-order valence-corrected chi connectivity index (χ0v) is 26.6. The maximum Gasteiger partial charge on any atom is 0.342 e. The SMILES string of the molecule is COc1nc(N)nc2c1ncn2[C@@H]1O[C@H](COP(=O)(N[C@@H](C)C(=O)OC(C)C)N[C@@H](C)C(=O)OC(C)C)[C@@H](O)[C@@]1(C)N=[N+]=[N-]. The van der Waals surface area contributed by atoms with E-state index in [1.54, 1.807) is 27.7 Å². The summed E-state index contributed by atoms with van der Waals surface area (Å²) in [4.78, 5) is 40.3. The van der Waals surface area contributed by atoms with Crippen LogP contribution < -0.4 is 20.6 Å². The lowest BCUT2D eigenvalue weighted by Gasteiger charge is -2.28. The number of nitrogens with two attached hydrogens (primary N) is 1. The Balaban J connectivity index is 1.92. The molecule has 3 rings (SSSR count). The van der Waals surface area contributed by atoms with Gasteiger partial charge >= 0.3 is 19.6 Å². The van der Waals surface area contributed by atoms with Crippen molar-refractivity contribution in [3.05, 3.63) is 16.8 Å². The highest BCUT2D eigenvalue weighted by molar-refractivity contribution is 7.54. The molecule has 244 valence electrons. The maximum absolute atomic E-state index is 14.0. The summed E-state index contributed by atoms with van der Waals surface area (Å²) >= 11 is 0.